The van der Waals surface area contributed by atoms with Gasteiger partial charge in [0.25, 0.3) is 5.89 Å². The summed E-state index contributed by atoms with van der Waals surface area (Å²) in [4.78, 5) is 33.0. The molecule has 1 atom stereocenters. The van der Waals surface area contributed by atoms with E-state index in [0.29, 0.717) is 37.1 Å². The molecule has 0 spiro atoms. The standard InChI is InChI=1S/C23H33N5O4/c1-16(2)12-20(24-17(3)29)23(30)28-10-8-27(9-11-28)14-18-6-5-7-19(13-18)22-25-21(15-31-4)32-26-22/h5-7,13,16,20H,8-12,14-15H2,1-4H3,(H,24,29). The zero-order chi connectivity index (χ0) is 23.1. The van der Waals surface area contributed by atoms with Crippen molar-refractivity contribution in [3.63, 3.8) is 0 Å². The number of carbonyl (C=O) groups excluding carboxylic acids is 2. The molecule has 1 saturated heterocycles. The molecule has 32 heavy (non-hydrogen) atoms. The molecule has 0 aliphatic carbocycles. The summed E-state index contributed by atoms with van der Waals surface area (Å²) < 4.78 is 10.2. The number of methoxy groups -OCH3 is 1. The van der Waals surface area contributed by atoms with Crippen LogP contribution in [0.5, 0.6) is 0 Å². The van der Waals surface area contributed by atoms with Crippen molar-refractivity contribution in [3.8, 4) is 11.4 Å². The number of hydrogen-bond donors (Lipinski definition) is 1. The highest BCUT2D eigenvalue weighted by atomic mass is 16.5. The summed E-state index contributed by atoms with van der Waals surface area (Å²) in [5.41, 5.74) is 2.05. The van der Waals surface area contributed by atoms with Crippen molar-refractivity contribution in [1.82, 2.24) is 25.3 Å². The van der Waals surface area contributed by atoms with Crippen LogP contribution in [0.1, 0.15) is 38.6 Å². The number of benzene rings is 1. The number of carbonyl (C=O) groups is 2. The molecule has 9 heteroatoms. The first kappa shape index (κ1) is 23.9. The maximum atomic E-state index is 12.9. The Labute approximate surface area is 189 Å². The number of aromatic nitrogens is 2. The van der Waals surface area contributed by atoms with E-state index < -0.39 is 6.04 Å². The second-order valence-corrected chi connectivity index (χ2v) is 8.63. The fourth-order valence-corrected chi connectivity index (χ4v) is 3.91. The quantitative estimate of drug-likeness (QED) is 0.633. The summed E-state index contributed by atoms with van der Waals surface area (Å²) in [6, 6.07) is 7.63. The number of hydrogen-bond acceptors (Lipinski definition) is 7. The lowest BCUT2D eigenvalue weighted by Gasteiger charge is -2.36. The van der Waals surface area contributed by atoms with Crippen LogP contribution < -0.4 is 5.32 Å². The molecule has 1 aliphatic rings. The van der Waals surface area contributed by atoms with Crippen molar-refractivity contribution < 1.29 is 18.8 Å². The number of piperazine rings is 1. The van der Waals surface area contributed by atoms with Crippen LogP contribution in [0.25, 0.3) is 11.4 Å². The van der Waals surface area contributed by atoms with Crippen LogP contribution in [-0.2, 0) is 27.5 Å². The Bertz CT molecular complexity index is 905. The lowest BCUT2D eigenvalue weighted by Crippen LogP contribution is -2.54. The van der Waals surface area contributed by atoms with Gasteiger partial charge in [0.2, 0.25) is 17.6 Å². The summed E-state index contributed by atoms with van der Waals surface area (Å²) in [5.74, 6) is 1.17. The van der Waals surface area contributed by atoms with Crippen LogP contribution >= 0.6 is 0 Å². The lowest BCUT2D eigenvalue weighted by atomic mass is 10.0. The van der Waals surface area contributed by atoms with Gasteiger partial charge >= 0.3 is 0 Å². The molecule has 2 heterocycles. The number of amides is 2. The number of nitrogens with zero attached hydrogens (tertiary/aromatic N) is 4. The molecule has 3 rings (SSSR count). The zero-order valence-corrected chi connectivity index (χ0v) is 19.3. The van der Waals surface area contributed by atoms with Crippen LogP contribution in [0.4, 0.5) is 0 Å². The van der Waals surface area contributed by atoms with Crippen molar-refractivity contribution in [2.24, 2.45) is 5.92 Å². The average molecular weight is 444 g/mol. The predicted octanol–water partition coefficient (Wildman–Crippen LogP) is 2.08. The molecule has 1 unspecified atom stereocenters. The first-order valence-electron chi connectivity index (χ1n) is 11.0. The van der Waals surface area contributed by atoms with Gasteiger partial charge in [-0.25, -0.2) is 0 Å². The molecular formula is C23H33N5O4. The molecule has 1 aromatic carbocycles. The van der Waals surface area contributed by atoms with E-state index >= 15 is 0 Å². The molecule has 1 aromatic heterocycles. The first-order chi connectivity index (χ1) is 15.4. The van der Waals surface area contributed by atoms with E-state index in [1.807, 2.05) is 17.0 Å². The van der Waals surface area contributed by atoms with E-state index in [0.717, 1.165) is 30.8 Å². The van der Waals surface area contributed by atoms with Crippen LogP contribution in [0.3, 0.4) is 0 Å². The van der Waals surface area contributed by atoms with Crippen LogP contribution in [0.15, 0.2) is 28.8 Å². The lowest BCUT2D eigenvalue weighted by molar-refractivity contribution is -0.138. The highest BCUT2D eigenvalue weighted by Gasteiger charge is 2.28. The predicted molar refractivity (Wildman–Crippen MR) is 119 cm³/mol. The number of ether oxygens (including phenoxy) is 1. The Morgan fingerprint density at radius 3 is 2.62 bits per heavy atom. The third kappa shape index (κ3) is 6.61. The third-order valence-corrected chi connectivity index (χ3v) is 5.39. The first-order valence-corrected chi connectivity index (χ1v) is 11.0. The van der Waals surface area contributed by atoms with E-state index in [1.165, 1.54) is 6.92 Å². The summed E-state index contributed by atoms with van der Waals surface area (Å²) in [7, 11) is 1.59. The Balaban J connectivity index is 1.56. The SMILES string of the molecule is COCc1nc(-c2cccc(CN3CCN(C(=O)C(CC(C)C)NC(C)=O)CC3)c2)no1. The monoisotopic (exact) mass is 443 g/mol. The average Bonchev–Trinajstić information content (AvgIpc) is 3.22. The molecule has 0 saturated carbocycles. The van der Waals surface area contributed by atoms with Gasteiger partial charge in [0.05, 0.1) is 0 Å². The number of rotatable bonds is 9. The molecule has 0 radical (unpaired) electrons. The minimum atomic E-state index is -0.450. The van der Waals surface area contributed by atoms with E-state index in [9.17, 15) is 9.59 Å². The summed E-state index contributed by atoms with van der Waals surface area (Å²) >= 11 is 0. The molecule has 9 nitrogen and oxygen atoms in total. The van der Waals surface area contributed by atoms with E-state index in [1.54, 1.807) is 7.11 Å². The van der Waals surface area contributed by atoms with E-state index in [4.69, 9.17) is 9.26 Å². The zero-order valence-electron chi connectivity index (χ0n) is 19.3. The summed E-state index contributed by atoms with van der Waals surface area (Å²) in [6.07, 6.45) is 0.646. The van der Waals surface area contributed by atoms with Gasteiger partial charge in [-0.3, -0.25) is 14.5 Å². The topological polar surface area (TPSA) is 101 Å². The highest BCUT2D eigenvalue weighted by molar-refractivity contribution is 5.87. The summed E-state index contributed by atoms with van der Waals surface area (Å²) in [5, 5.41) is 6.85. The molecule has 174 valence electrons. The Hall–Kier alpha value is -2.78. The van der Waals surface area contributed by atoms with Crippen LogP contribution in [-0.4, -0.2) is 71.1 Å². The van der Waals surface area contributed by atoms with Crippen LogP contribution in [0, 0.1) is 5.92 Å². The van der Waals surface area contributed by atoms with Crippen molar-refractivity contribution in [3.05, 3.63) is 35.7 Å². The molecule has 1 fully saturated rings. The normalized spacial score (nSPS) is 15.7. The van der Waals surface area contributed by atoms with Crippen LogP contribution in [0.2, 0.25) is 0 Å². The minimum Gasteiger partial charge on any atom is -0.375 e. The summed E-state index contributed by atoms with van der Waals surface area (Å²) in [6.45, 7) is 9.50. The molecule has 2 amide bonds. The van der Waals surface area contributed by atoms with Gasteiger partial charge in [-0.1, -0.05) is 37.2 Å². The Morgan fingerprint density at radius 2 is 1.97 bits per heavy atom. The van der Waals surface area contributed by atoms with Crippen molar-refractivity contribution >= 4 is 11.8 Å². The second-order valence-electron chi connectivity index (χ2n) is 8.63. The maximum absolute atomic E-state index is 12.9. The van der Waals surface area contributed by atoms with Gasteiger partial charge in [0.1, 0.15) is 12.6 Å². The highest BCUT2D eigenvalue weighted by Crippen LogP contribution is 2.19. The van der Waals surface area contributed by atoms with Gasteiger partial charge in [-0.2, -0.15) is 4.98 Å². The largest absolute Gasteiger partial charge is 0.375 e. The third-order valence-electron chi connectivity index (χ3n) is 5.39. The molecule has 2 aromatic rings. The number of nitrogens with one attached hydrogen (secondary N) is 1. The van der Waals surface area contributed by atoms with E-state index in [-0.39, 0.29) is 18.4 Å². The van der Waals surface area contributed by atoms with Crippen molar-refractivity contribution in [2.75, 3.05) is 33.3 Å². The van der Waals surface area contributed by atoms with Crippen molar-refractivity contribution in [2.45, 2.75) is 46.4 Å². The molecule has 1 N–H and O–H groups in total. The molecular weight excluding hydrogens is 410 g/mol. The Kier molecular flexibility index (Phi) is 8.35. The fraction of sp³-hybridized carbons (Fsp3) is 0.565. The van der Waals surface area contributed by atoms with Gasteiger partial charge in [0, 0.05) is 52.3 Å². The van der Waals surface area contributed by atoms with Gasteiger partial charge in [-0.05, 0) is 24.0 Å². The molecule has 0 bridgehead atoms. The second kappa shape index (κ2) is 11.2. The Morgan fingerprint density at radius 1 is 1.22 bits per heavy atom. The van der Waals surface area contributed by atoms with Gasteiger partial charge in [-0.15, -0.1) is 0 Å². The maximum Gasteiger partial charge on any atom is 0.252 e. The molecule has 1 aliphatic heterocycles. The van der Waals surface area contributed by atoms with Crippen molar-refractivity contribution in [1.29, 1.82) is 0 Å². The van der Waals surface area contributed by atoms with Gasteiger partial charge < -0.3 is 19.5 Å². The van der Waals surface area contributed by atoms with E-state index in [2.05, 4.69) is 46.3 Å². The smallest absolute Gasteiger partial charge is 0.252 e. The minimum absolute atomic E-state index is 0.0134. The fourth-order valence-electron chi connectivity index (χ4n) is 3.91. The van der Waals surface area contributed by atoms with Gasteiger partial charge in [0.15, 0.2) is 0 Å².